The molecule has 0 amide bonds. The second kappa shape index (κ2) is 7.72. The van der Waals surface area contributed by atoms with E-state index in [0.29, 0.717) is 0 Å². The normalized spacial score (nSPS) is 12.9. The topological polar surface area (TPSA) is 0 Å². The summed E-state index contributed by atoms with van der Waals surface area (Å²) in [5, 5.41) is 0. The lowest BCUT2D eigenvalue weighted by Gasteiger charge is -2.09. The largest absolute Gasteiger partial charge is 0.0900 e. The molecule has 0 nitrogen and oxygen atoms in total. The monoisotopic (exact) mass is 186 g/mol. The first-order valence-corrected chi connectivity index (χ1v) is 5.57. The first-order chi connectivity index (χ1) is 5.66. The van der Waals surface area contributed by atoms with Crippen LogP contribution in [0.25, 0.3) is 0 Å². The van der Waals surface area contributed by atoms with Crippen LogP contribution >= 0.6 is 12.2 Å². The van der Waals surface area contributed by atoms with Crippen molar-refractivity contribution >= 4 is 17.1 Å². The van der Waals surface area contributed by atoms with Gasteiger partial charge in [-0.2, -0.15) is 0 Å². The van der Waals surface area contributed by atoms with Gasteiger partial charge in [0, 0.05) is 0 Å². The molecule has 1 atom stereocenters. The van der Waals surface area contributed by atoms with Crippen LogP contribution in [0.4, 0.5) is 0 Å². The molecule has 0 heterocycles. The van der Waals surface area contributed by atoms with Gasteiger partial charge in [0.25, 0.3) is 0 Å². The molecule has 0 N–H and O–H groups in total. The molecule has 0 saturated heterocycles. The van der Waals surface area contributed by atoms with Crippen LogP contribution in [0.2, 0.25) is 0 Å². The number of hydrogen-bond donors (Lipinski definition) is 0. The molecule has 0 spiro atoms. The van der Waals surface area contributed by atoms with Crippen molar-refractivity contribution in [2.45, 2.75) is 59.3 Å². The molecule has 0 bridgehead atoms. The van der Waals surface area contributed by atoms with Crippen molar-refractivity contribution in [3.63, 3.8) is 0 Å². The average Bonchev–Trinajstić information content (AvgIpc) is 2.01. The fourth-order valence-corrected chi connectivity index (χ4v) is 1.45. The second-order valence-electron chi connectivity index (χ2n) is 3.84. The Bertz CT molecular complexity index is 118. The van der Waals surface area contributed by atoms with Crippen molar-refractivity contribution in [1.82, 2.24) is 0 Å². The number of thiocarbonyl (C=S) groups is 1. The Labute approximate surface area is 82.7 Å². The lowest BCUT2D eigenvalue weighted by molar-refractivity contribution is 0.472. The molecule has 0 aromatic carbocycles. The highest BCUT2D eigenvalue weighted by atomic mass is 32.1. The van der Waals surface area contributed by atoms with Crippen molar-refractivity contribution in [1.29, 1.82) is 0 Å². The van der Waals surface area contributed by atoms with Crippen molar-refractivity contribution in [3.8, 4) is 0 Å². The molecule has 0 fully saturated rings. The summed E-state index contributed by atoms with van der Waals surface area (Å²) in [6.07, 6.45) is 7.94. The van der Waals surface area contributed by atoms with Gasteiger partial charge in [-0.1, -0.05) is 51.7 Å². The molecule has 0 aliphatic carbocycles. The smallest absolute Gasteiger partial charge is 0.0102 e. The Morgan fingerprint density at radius 2 is 1.92 bits per heavy atom. The molecule has 72 valence electrons. The van der Waals surface area contributed by atoms with E-state index in [9.17, 15) is 0 Å². The van der Waals surface area contributed by atoms with Gasteiger partial charge in [-0.3, -0.25) is 0 Å². The van der Waals surface area contributed by atoms with Gasteiger partial charge < -0.3 is 0 Å². The predicted molar refractivity (Wildman–Crippen MR) is 60.8 cm³/mol. The molecule has 0 aromatic rings. The average molecular weight is 186 g/mol. The summed E-state index contributed by atoms with van der Waals surface area (Å²) in [4.78, 5) is 1.16. The van der Waals surface area contributed by atoms with Crippen LogP contribution in [-0.4, -0.2) is 4.86 Å². The molecule has 1 heteroatoms. The summed E-state index contributed by atoms with van der Waals surface area (Å²) < 4.78 is 0. The Hall–Kier alpha value is 0.0900. The van der Waals surface area contributed by atoms with Crippen molar-refractivity contribution in [3.05, 3.63) is 0 Å². The maximum atomic E-state index is 5.05. The lowest BCUT2D eigenvalue weighted by Crippen LogP contribution is -1.97. The van der Waals surface area contributed by atoms with Crippen LogP contribution in [0.3, 0.4) is 0 Å². The van der Waals surface area contributed by atoms with E-state index >= 15 is 0 Å². The quantitative estimate of drug-likeness (QED) is 0.420. The highest BCUT2D eigenvalue weighted by molar-refractivity contribution is 7.80. The third-order valence-electron chi connectivity index (χ3n) is 2.29. The third-order valence-corrected chi connectivity index (χ3v) is 2.49. The number of hydrogen-bond acceptors (Lipinski definition) is 1. The van der Waals surface area contributed by atoms with E-state index in [1.807, 2.05) is 6.92 Å². The van der Waals surface area contributed by atoms with Crippen LogP contribution in [0.1, 0.15) is 59.3 Å². The maximum absolute atomic E-state index is 5.05. The van der Waals surface area contributed by atoms with Gasteiger partial charge in [0.2, 0.25) is 0 Å². The zero-order chi connectivity index (χ0) is 9.40. The van der Waals surface area contributed by atoms with Crippen LogP contribution in [0.15, 0.2) is 0 Å². The highest BCUT2D eigenvalue weighted by Gasteiger charge is 2.01. The predicted octanol–water partition coefficient (Wildman–Crippen LogP) is 4.37. The van der Waals surface area contributed by atoms with Gasteiger partial charge in [0.05, 0.1) is 0 Å². The molecule has 0 rings (SSSR count). The maximum Gasteiger partial charge on any atom is -0.0102 e. The first kappa shape index (κ1) is 12.1. The van der Waals surface area contributed by atoms with E-state index in [1.165, 1.54) is 32.1 Å². The standard InChI is InChI=1S/C11H22S/c1-4-5-6-7-10(2)8-9-11(3)12/h10H,4-9H2,1-3H3. The minimum atomic E-state index is 0.870. The fraction of sp³-hybridized carbons (Fsp3) is 0.909. The fourth-order valence-electron chi connectivity index (χ4n) is 1.34. The Balaban J connectivity index is 3.21. The van der Waals surface area contributed by atoms with Crippen LogP contribution < -0.4 is 0 Å². The zero-order valence-electron chi connectivity index (χ0n) is 8.73. The van der Waals surface area contributed by atoms with E-state index in [-0.39, 0.29) is 0 Å². The van der Waals surface area contributed by atoms with E-state index in [0.717, 1.165) is 17.2 Å². The first-order valence-electron chi connectivity index (χ1n) is 5.16. The Kier molecular flexibility index (Phi) is 7.78. The summed E-state index contributed by atoms with van der Waals surface area (Å²) >= 11 is 5.05. The van der Waals surface area contributed by atoms with Gasteiger partial charge in [0.1, 0.15) is 0 Å². The van der Waals surface area contributed by atoms with Crippen molar-refractivity contribution in [2.24, 2.45) is 5.92 Å². The molecule has 0 aliphatic heterocycles. The van der Waals surface area contributed by atoms with Gasteiger partial charge in [0.15, 0.2) is 0 Å². The summed E-state index contributed by atoms with van der Waals surface area (Å²) in [6, 6.07) is 0. The minimum Gasteiger partial charge on any atom is -0.0900 e. The van der Waals surface area contributed by atoms with Crippen molar-refractivity contribution in [2.75, 3.05) is 0 Å². The molecule has 0 saturated carbocycles. The molecular weight excluding hydrogens is 164 g/mol. The third kappa shape index (κ3) is 8.19. The molecule has 1 unspecified atom stereocenters. The Morgan fingerprint density at radius 1 is 1.25 bits per heavy atom. The van der Waals surface area contributed by atoms with Crippen LogP contribution in [0, 0.1) is 5.92 Å². The number of unbranched alkanes of at least 4 members (excludes halogenated alkanes) is 2. The summed E-state index contributed by atoms with van der Waals surface area (Å²) in [7, 11) is 0. The van der Waals surface area contributed by atoms with Crippen LogP contribution in [-0.2, 0) is 0 Å². The summed E-state index contributed by atoms with van der Waals surface area (Å²) in [5.41, 5.74) is 0. The van der Waals surface area contributed by atoms with Crippen molar-refractivity contribution < 1.29 is 0 Å². The van der Waals surface area contributed by atoms with Gasteiger partial charge in [-0.05, 0) is 30.5 Å². The molecule has 12 heavy (non-hydrogen) atoms. The van der Waals surface area contributed by atoms with Gasteiger partial charge >= 0.3 is 0 Å². The lowest BCUT2D eigenvalue weighted by atomic mass is 9.98. The second-order valence-corrected chi connectivity index (χ2v) is 4.54. The van der Waals surface area contributed by atoms with E-state index < -0.39 is 0 Å². The van der Waals surface area contributed by atoms with Gasteiger partial charge in [-0.25, -0.2) is 0 Å². The van der Waals surface area contributed by atoms with Crippen LogP contribution in [0.5, 0.6) is 0 Å². The molecule has 0 radical (unpaired) electrons. The number of rotatable bonds is 7. The van der Waals surface area contributed by atoms with E-state index in [1.54, 1.807) is 0 Å². The minimum absolute atomic E-state index is 0.870. The molecule has 0 aromatic heterocycles. The van der Waals surface area contributed by atoms with E-state index in [2.05, 4.69) is 13.8 Å². The highest BCUT2D eigenvalue weighted by Crippen LogP contribution is 2.14. The molecule has 0 aliphatic rings. The van der Waals surface area contributed by atoms with Gasteiger partial charge in [-0.15, -0.1) is 0 Å². The zero-order valence-corrected chi connectivity index (χ0v) is 9.54. The Morgan fingerprint density at radius 3 is 2.42 bits per heavy atom. The summed E-state index contributed by atoms with van der Waals surface area (Å²) in [6.45, 7) is 6.65. The SMILES string of the molecule is CCCCCC(C)CCC(C)=S. The van der Waals surface area contributed by atoms with E-state index in [4.69, 9.17) is 12.2 Å². The molecular formula is C11H22S. The summed E-state index contributed by atoms with van der Waals surface area (Å²) in [5.74, 6) is 0.870.